The van der Waals surface area contributed by atoms with E-state index in [9.17, 15) is 19.7 Å². The van der Waals surface area contributed by atoms with Gasteiger partial charge in [0.2, 0.25) is 11.8 Å². The molecule has 1 saturated heterocycles. The molecule has 0 unspecified atom stereocenters. The first kappa shape index (κ1) is 18.0. The lowest BCUT2D eigenvalue weighted by Crippen LogP contribution is -2.57. The van der Waals surface area contributed by atoms with Crippen LogP contribution >= 0.6 is 0 Å². The molecule has 0 saturated carbocycles. The van der Waals surface area contributed by atoms with Crippen LogP contribution in [0, 0.1) is 22.0 Å². The second-order valence-corrected chi connectivity index (χ2v) is 7.94. The van der Waals surface area contributed by atoms with Crippen molar-refractivity contribution in [2.24, 2.45) is 11.8 Å². The first-order chi connectivity index (χ1) is 14.0. The number of imide groups is 1. The molecule has 6 rings (SSSR count). The molecule has 0 aromatic heterocycles. The Morgan fingerprint density at radius 2 is 1.55 bits per heavy atom. The van der Waals surface area contributed by atoms with Gasteiger partial charge in [0.05, 0.1) is 5.92 Å². The number of likely N-dealkylation sites (tertiary alicyclic amines) is 1. The van der Waals surface area contributed by atoms with Gasteiger partial charge in [0.15, 0.2) is 0 Å². The Bertz CT molecular complexity index is 1000. The summed E-state index contributed by atoms with van der Waals surface area (Å²) >= 11 is 0. The Morgan fingerprint density at radius 1 is 0.966 bits per heavy atom. The third-order valence-electron chi connectivity index (χ3n) is 6.74. The zero-order valence-corrected chi connectivity index (χ0v) is 15.7. The quantitative estimate of drug-likeness (QED) is 0.363. The van der Waals surface area contributed by atoms with Gasteiger partial charge in [-0.05, 0) is 24.0 Å². The summed E-state index contributed by atoms with van der Waals surface area (Å²) in [5.74, 6) is -2.99. The summed E-state index contributed by atoms with van der Waals surface area (Å²) < 4.78 is 0. The molecule has 3 aliphatic carbocycles. The maximum atomic E-state index is 13.4. The normalized spacial score (nSPS) is 28.9. The third-order valence-corrected chi connectivity index (χ3v) is 6.74. The largest absolute Gasteiger partial charge is 0.396 e. The van der Waals surface area contributed by atoms with E-state index in [1.54, 1.807) is 24.3 Å². The van der Waals surface area contributed by atoms with Crippen molar-refractivity contribution in [3.05, 3.63) is 80.9 Å². The van der Waals surface area contributed by atoms with Gasteiger partial charge in [-0.1, -0.05) is 48.5 Å². The van der Waals surface area contributed by atoms with Crippen LogP contribution < -0.4 is 0 Å². The monoisotopic (exact) mass is 392 g/mol. The maximum Gasteiger partial charge on any atom is 0.284 e. The summed E-state index contributed by atoms with van der Waals surface area (Å²) in [5, 5.41) is 21.8. The molecule has 2 aromatic rings. The van der Waals surface area contributed by atoms with Crippen molar-refractivity contribution in [3.63, 3.8) is 0 Å². The van der Waals surface area contributed by atoms with Crippen molar-refractivity contribution in [1.82, 2.24) is 4.90 Å². The lowest BCUT2D eigenvalue weighted by molar-refractivity contribution is -0.578. The van der Waals surface area contributed by atoms with E-state index in [0.29, 0.717) is 24.0 Å². The van der Waals surface area contributed by atoms with Crippen LogP contribution in [0.4, 0.5) is 0 Å². The molecule has 2 amide bonds. The van der Waals surface area contributed by atoms with Crippen molar-refractivity contribution in [2.45, 2.75) is 24.3 Å². The van der Waals surface area contributed by atoms with Crippen LogP contribution in [-0.4, -0.2) is 39.9 Å². The Labute approximate surface area is 167 Å². The fourth-order valence-electron chi connectivity index (χ4n) is 5.70. The van der Waals surface area contributed by atoms with Crippen LogP contribution in [0.2, 0.25) is 0 Å². The number of carbonyl (C=O) groups is 2. The Balaban J connectivity index is 1.76. The lowest BCUT2D eigenvalue weighted by Gasteiger charge is -2.48. The van der Waals surface area contributed by atoms with Crippen LogP contribution in [-0.2, 0) is 15.1 Å². The second-order valence-electron chi connectivity index (χ2n) is 7.94. The van der Waals surface area contributed by atoms with Crippen LogP contribution in [0.25, 0.3) is 0 Å². The molecule has 1 aliphatic heterocycles. The molecule has 4 aliphatic rings. The minimum atomic E-state index is -1.76. The minimum absolute atomic E-state index is 0.0264. The Kier molecular flexibility index (Phi) is 3.86. The summed E-state index contributed by atoms with van der Waals surface area (Å²) in [6.07, 6.45) is 0.945. The SMILES string of the molecule is O=C1[C@@H]2[C@@H](C(=O)N1CCCCO)C1c3ccccc3C2([N+](=O)[O-])c2ccccc21. The molecule has 0 spiro atoms. The molecule has 0 radical (unpaired) electrons. The van der Waals surface area contributed by atoms with E-state index in [2.05, 4.69) is 0 Å². The highest BCUT2D eigenvalue weighted by Gasteiger charge is 2.74. The van der Waals surface area contributed by atoms with Gasteiger partial charge < -0.3 is 5.11 Å². The van der Waals surface area contributed by atoms with Gasteiger partial charge >= 0.3 is 0 Å². The van der Waals surface area contributed by atoms with E-state index in [0.717, 1.165) is 11.1 Å². The number of rotatable bonds is 5. The van der Waals surface area contributed by atoms with E-state index >= 15 is 0 Å². The fraction of sp³-hybridized carbons (Fsp3) is 0.364. The summed E-state index contributed by atoms with van der Waals surface area (Å²) in [6, 6.07) is 14.3. The maximum absolute atomic E-state index is 13.4. The average Bonchev–Trinajstić information content (AvgIpc) is 2.99. The van der Waals surface area contributed by atoms with E-state index in [1.165, 1.54) is 4.90 Å². The van der Waals surface area contributed by atoms with Gasteiger partial charge in [0.25, 0.3) is 5.54 Å². The number of aliphatic hydroxyl groups is 1. The summed E-state index contributed by atoms with van der Waals surface area (Å²) in [5.41, 5.74) is 0.817. The Morgan fingerprint density at radius 3 is 2.10 bits per heavy atom. The first-order valence-electron chi connectivity index (χ1n) is 9.84. The second kappa shape index (κ2) is 6.22. The molecule has 7 heteroatoms. The van der Waals surface area contributed by atoms with Gasteiger partial charge in [0.1, 0.15) is 5.92 Å². The molecule has 2 bridgehead atoms. The van der Waals surface area contributed by atoms with Crippen LogP contribution in [0.5, 0.6) is 0 Å². The van der Waals surface area contributed by atoms with Gasteiger partial charge in [-0.15, -0.1) is 0 Å². The van der Waals surface area contributed by atoms with Gasteiger partial charge in [-0.2, -0.15) is 0 Å². The Hall–Kier alpha value is -3.06. The molecule has 7 nitrogen and oxygen atoms in total. The average molecular weight is 392 g/mol. The van der Waals surface area contributed by atoms with E-state index in [4.69, 9.17) is 5.11 Å². The van der Waals surface area contributed by atoms with Gasteiger partial charge in [-0.25, -0.2) is 0 Å². The van der Waals surface area contributed by atoms with Gasteiger partial charge in [-0.3, -0.25) is 24.6 Å². The van der Waals surface area contributed by atoms with Gasteiger partial charge in [0, 0.05) is 35.1 Å². The highest BCUT2D eigenvalue weighted by atomic mass is 16.6. The molecular formula is C22H20N2O5. The number of carbonyl (C=O) groups excluding carboxylic acids is 2. The zero-order valence-electron chi connectivity index (χ0n) is 15.7. The molecule has 148 valence electrons. The predicted octanol–water partition coefficient (Wildman–Crippen LogP) is 2.04. The summed E-state index contributed by atoms with van der Waals surface area (Å²) in [6.45, 7) is 0.153. The molecule has 2 aromatic carbocycles. The lowest BCUT2D eigenvalue weighted by atomic mass is 9.51. The molecular weight excluding hydrogens is 372 g/mol. The molecule has 29 heavy (non-hydrogen) atoms. The van der Waals surface area contributed by atoms with Crippen molar-refractivity contribution < 1.29 is 19.6 Å². The molecule has 1 heterocycles. The highest BCUT2D eigenvalue weighted by molar-refractivity contribution is 6.08. The predicted molar refractivity (Wildman–Crippen MR) is 103 cm³/mol. The first-order valence-corrected chi connectivity index (χ1v) is 9.84. The molecule has 2 atom stereocenters. The van der Waals surface area contributed by atoms with E-state index in [-0.39, 0.29) is 29.9 Å². The van der Waals surface area contributed by atoms with Crippen LogP contribution in [0.1, 0.15) is 41.0 Å². The van der Waals surface area contributed by atoms with Crippen molar-refractivity contribution >= 4 is 11.8 Å². The van der Waals surface area contributed by atoms with Crippen molar-refractivity contribution in [2.75, 3.05) is 13.2 Å². The zero-order chi connectivity index (χ0) is 20.3. The number of amides is 2. The number of unbranched alkanes of at least 4 members (excludes halogenated alkanes) is 1. The van der Waals surface area contributed by atoms with Crippen molar-refractivity contribution in [3.8, 4) is 0 Å². The molecule has 1 N–H and O–H groups in total. The van der Waals surface area contributed by atoms with Crippen LogP contribution in [0.3, 0.4) is 0 Å². The fourth-order valence-corrected chi connectivity index (χ4v) is 5.70. The molecule has 1 fully saturated rings. The smallest absolute Gasteiger partial charge is 0.284 e. The highest BCUT2D eigenvalue weighted by Crippen LogP contribution is 2.64. The number of nitro groups is 1. The topological polar surface area (TPSA) is 101 Å². The van der Waals surface area contributed by atoms with Crippen molar-refractivity contribution in [1.29, 1.82) is 0 Å². The standard InChI is InChI=1S/C22H20N2O5/c25-12-6-5-11-23-20(26)18-17-13-7-1-3-9-15(13)22(24(28)29,19(18)21(23)27)16-10-4-2-8-14(16)17/h1-4,7-10,17-19,25H,5-6,11-12H2/t17?,18-,19-,22?/m0/s1. The van der Waals surface area contributed by atoms with E-state index < -0.39 is 23.3 Å². The number of aliphatic hydroxyl groups excluding tert-OH is 1. The van der Waals surface area contributed by atoms with Crippen LogP contribution in [0.15, 0.2) is 48.5 Å². The number of hydrogen-bond donors (Lipinski definition) is 1. The summed E-state index contributed by atoms with van der Waals surface area (Å²) in [7, 11) is 0. The summed E-state index contributed by atoms with van der Waals surface area (Å²) in [4.78, 5) is 40.3. The van der Waals surface area contributed by atoms with E-state index in [1.807, 2.05) is 24.3 Å². The third kappa shape index (κ3) is 2.05. The minimum Gasteiger partial charge on any atom is -0.396 e. The number of benzene rings is 2. The number of hydrogen-bond acceptors (Lipinski definition) is 5. The number of nitrogens with zero attached hydrogens (tertiary/aromatic N) is 2.